The number of carbonyl (C=O) groups is 1. The molecule has 3 heterocycles. The Labute approximate surface area is 213 Å². The summed E-state index contributed by atoms with van der Waals surface area (Å²) in [5, 5.41) is 6.74. The van der Waals surface area contributed by atoms with Crippen LogP contribution in [0.15, 0.2) is 60.9 Å². The molecule has 5 aromatic rings. The fraction of sp³-hybridized carbons (Fsp3) is 0.250. The van der Waals surface area contributed by atoms with Gasteiger partial charge in [0.1, 0.15) is 23.6 Å². The lowest BCUT2D eigenvalue weighted by molar-refractivity contribution is -0.122. The van der Waals surface area contributed by atoms with Gasteiger partial charge < -0.3 is 16.2 Å². The Morgan fingerprint density at radius 3 is 2.57 bits per heavy atom. The van der Waals surface area contributed by atoms with Crippen LogP contribution in [0.2, 0.25) is 0 Å². The molecular weight excluding hydrogens is 466 g/mol. The summed E-state index contributed by atoms with van der Waals surface area (Å²) < 4.78 is 7.95. The van der Waals surface area contributed by atoms with Crippen LogP contribution in [0.1, 0.15) is 37.3 Å². The molecule has 0 aliphatic heterocycles. The maximum absolute atomic E-state index is 11.6. The topological polar surface area (TPSA) is 135 Å². The van der Waals surface area contributed by atoms with Crippen molar-refractivity contribution in [1.29, 1.82) is 0 Å². The molecule has 0 unspecified atom stereocenters. The first kappa shape index (κ1) is 22.9. The first-order chi connectivity index (χ1) is 18.0. The Morgan fingerprint density at radius 2 is 1.81 bits per heavy atom. The van der Waals surface area contributed by atoms with E-state index in [2.05, 4.69) is 9.97 Å². The molecule has 1 aliphatic carbocycles. The van der Waals surface area contributed by atoms with Gasteiger partial charge in [0.15, 0.2) is 5.65 Å². The van der Waals surface area contributed by atoms with Crippen LogP contribution in [0.4, 0.5) is 5.82 Å². The van der Waals surface area contributed by atoms with E-state index in [9.17, 15) is 4.79 Å². The molecule has 0 bridgehead atoms. The maximum Gasteiger partial charge on any atom is 0.220 e. The lowest BCUT2D eigenvalue weighted by Gasteiger charge is -2.27. The zero-order valence-corrected chi connectivity index (χ0v) is 20.5. The molecule has 0 atom stereocenters. The summed E-state index contributed by atoms with van der Waals surface area (Å²) in [6.07, 6.45) is 4.53. The predicted molar refractivity (Wildman–Crippen MR) is 142 cm³/mol. The van der Waals surface area contributed by atoms with Crippen molar-refractivity contribution in [2.75, 3.05) is 5.73 Å². The zero-order valence-electron chi connectivity index (χ0n) is 20.5. The average molecular weight is 494 g/mol. The van der Waals surface area contributed by atoms with Gasteiger partial charge in [-0.15, -0.1) is 0 Å². The van der Waals surface area contributed by atoms with Gasteiger partial charge in [-0.25, -0.2) is 19.6 Å². The molecule has 37 heavy (non-hydrogen) atoms. The maximum atomic E-state index is 11.6. The van der Waals surface area contributed by atoms with E-state index in [1.807, 2.05) is 66.2 Å². The molecule has 9 heteroatoms. The van der Waals surface area contributed by atoms with E-state index in [0.29, 0.717) is 28.4 Å². The van der Waals surface area contributed by atoms with E-state index in [4.69, 9.17) is 26.3 Å². The molecule has 0 spiro atoms. The van der Waals surface area contributed by atoms with E-state index >= 15 is 0 Å². The van der Waals surface area contributed by atoms with Gasteiger partial charge in [0.25, 0.3) is 0 Å². The summed E-state index contributed by atoms with van der Waals surface area (Å²) in [5.74, 6) is 1.32. The molecule has 2 aromatic carbocycles. The molecule has 1 amide bonds. The van der Waals surface area contributed by atoms with Gasteiger partial charge in [-0.05, 0) is 56.4 Å². The fourth-order valence-electron chi connectivity index (χ4n) is 5.24. The summed E-state index contributed by atoms with van der Waals surface area (Å²) >= 11 is 0. The number of aryl methyl sites for hydroxylation is 1. The molecule has 0 saturated heterocycles. The number of amides is 1. The predicted octanol–water partition coefficient (Wildman–Crippen LogP) is 4.94. The zero-order chi connectivity index (χ0) is 25.5. The van der Waals surface area contributed by atoms with E-state index in [1.54, 1.807) is 0 Å². The van der Waals surface area contributed by atoms with E-state index in [-0.39, 0.29) is 17.9 Å². The van der Waals surface area contributed by atoms with Gasteiger partial charge in [0.2, 0.25) is 11.8 Å². The SMILES string of the molecule is Cc1cc(Oc2ccccc2)nc2cc(-c3nn(C4CCC(C(N)=O)CC4)c4ncnc(N)c34)ccc12. The quantitative estimate of drug-likeness (QED) is 0.354. The highest BCUT2D eigenvalue weighted by atomic mass is 16.5. The number of nitrogens with two attached hydrogens (primary N) is 2. The third-order valence-corrected chi connectivity index (χ3v) is 7.20. The molecule has 6 rings (SSSR count). The highest BCUT2D eigenvalue weighted by Crippen LogP contribution is 2.38. The Hall–Kier alpha value is -4.53. The van der Waals surface area contributed by atoms with Crippen LogP contribution < -0.4 is 16.2 Å². The Morgan fingerprint density at radius 1 is 1.03 bits per heavy atom. The molecule has 1 fully saturated rings. The van der Waals surface area contributed by atoms with Crippen molar-refractivity contribution in [2.24, 2.45) is 11.7 Å². The third-order valence-electron chi connectivity index (χ3n) is 7.20. The van der Waals surface area contributed by atoms with Crippen molar-refractivity contribution in [1.82, 2.24) is 24.7 Å². The molecule has 1 saturated carbocycles. The van der Waals surface area contributed by atoms with Crippen LogP contribution >= 0.6 is 0 Å². The van der Waals surface area contributed by atoms with Gasteiger partial charge in [-0.3, -0.25) is 4.79 Å². The fourth-order valence-corrected chi connectivity index (χ4v) is 5.24. The number of pyridine rings is 1. The number of fused-ring (bicyclic) bond motifs is 2. The van der Waals surface area contributed by atoms with Crippen molar-refractivity contribution in [3.05, 3.63) is 66.5 Å². The largest absolute Gasteiger partial charge is 0.439 e. The van der Waals surface area contributed by atoms with Crippen LogP contribution in [0, 0.1) is 12.8 Å². The number of primary amides is 1. The van der Waals surface area contributed by atoms with Crippen molar-refractivity contribution in [3.8, 4) is 22.9 Å². The number of hydrogen-bond donors (Lipinski definition) is 2. The number of nitrogens with zero attached hydrogens (tertiary/aromatic N) is 5. The molecular formula is C28H27N7O2. The second-order valence-electron chi connectivity index (χ2n) is 9.58. The molecule has 4 N–H and O–H groups in total. The lowest BCUT2D eigenvalue weighted by Crippen LogP contribution is -2.28. The van der Waals surface area contributed by atoms with Crippen LogP contribution in [-0.2, 0) is 4.79 Å². The lowest BCUT2D eigenvalue weighted by atomic mass is 9.86. The molecule has 1 aliphatic rings. The molecule has 186 valence electrons. The van der Waals surface area contributed by atoms with Gasteiger partial charge in [-0.1, -0.05) is 30.3 Å². The first-order valence-corrected chi connectivity index (χ1v) is 12.4. The number of benzene rings is 2. The minimum atomic E-state index is -0.231. The van der Waals surface area contributed by atoms with Crippen molar-refractivity contribution >= 4 is 33.7 Å². The summed E-state index contributed by atoms with van der Waals surface area (Å²) in [4.78, 5) is 25.2. The Kier molecular flexibility index (Phi) is 5.67. The normalized spacial score (nSPS) is 17.8. The minimum Gasteiger partial charge on any atom is -0.439 e. The number of ether oxygens (including phenoxy) is 1. The third kappa shape index (κ3) is 4.22. The molecule has 3 aromatic heterocycles. The number of anilines is 1. The van der Waals surface area contributed by atoms with Crippen molar-refractivity contribution in [3.63, 3.8) is 0 Å². The van der Waals surface area contributed by atoms with Crippen LogP contribution in [0.5, 0.6) is 11.6 Å². The van der Waals surface area contributed by atoms with Crippen LogP contribution in [0.25, 0.3) is 33.2 Å². The van der Waals surface area contributed by atoms with Crippen molar-refractivity contribution < 1.29 is 9.53 Å². The number of para-hydroxylation sites is 1. The monoisotopic (exact) mass is 493 g/mol. The molecule has 0 radical (unpaired) electrons. The van der Waals surface area contributed by atoms with Crippen LogP contribution in [0.3, 0.4) is 0 Å². The second-order valence-corrected chi connectivity index (χ2v) is 9.58. The Bertz CT molecular complexity index is 1620. The highest BCUT2D eigenvalue weighted by Gasteiger charge is 2.29. The summed E-state index contributed by atoms with van der Waals surface area (Å²) in [6.45, 7) is 2.04. The van der Waals surface area contributed by atoms with E-state index in [0.717, 1.165) is 53.5 Å². The van der Waals surface area contributed by atoms with Gasteiger partial charge in [0.05, 0.1) is 16.9 Å². The highest BCUT2D eigenvalue weighted by molar-refractivity contribution is 6.00. The van der Waals surface area contributed by atoms with Gasteiger partial charge in [-0.2, -0.15) is 5.10 Å². The summed E-state index contributed by atoms with van der Waals surface area (Å²) in [5.41, 5.74) is 16.0. The number of rotatable bonds is 5. The summed E-state index contributed by atoms with van der Waals surface area (Å²) in [7, 11) is 0. The minimum absolute atomic E-state index is 0.0839. The number of aromatic nitrogens is 5. The van der Waals surface area contributed by atoms with Gasteiger partial charge in [0, 0.05) is 22.9 Å². The number of carbonyl (C=O) groups excluding carboxylic acids is 1. The van der Waals surface area contributed by atoms with E-state index in [1.165, 1.54) is 6.33 Å². The number of nitrogen functional groups attached to an aromatic ring is 1. The van der Waals surface area contributed by atoms with Gasteiger partial charge >= 0.3 is 0 Å². The smallest absolute Gasteiger partial charge is 0.220 e. The first-order valence-electron chi connectivity index (χ1n) is 12.4. The Balaban J connectivity index is 1.42. The molecule has 9 nitrogen and oxygen atoms in total. The van der Waals surface area contributed by atoms with Crippen molar-refractivity contribution in [2.45, 2.75) is 38.6 Å². The average Bonchev–Trinajstić information content (AvgIpc) is 3.30. The number of hydrogen-bond acceptors (Lipinski definition) is 7. The second kappa shape index (κ2) is 9.16. The van der Waals surface area contributed by atoms with Crippen LogP contribution in [-0.4, -0.2) is 30.6 Å². The van der Waals surface area contributed by atoms with E-state index < -0.39 is 0 Å². The summed E-state index contributed by atoms with van der Waals surface area (Å²) in [6, 6.07) is 17.7. The standard InChI is InChI=1S/C28H27N7O2/c1-16-13-23(37-20-5-3-2-4-6-20)33-22-14-18(9-12-21(16)22)25-24-26(29)31-15-32-28(24)35(34-25)19-10-7-17(8-11-19)27(30)36/h2-6,9,12-15,17,19H,7-8,10-11H2,1H3,(H2,30,36)(H2,29,31,32).